The number of carboxylic acid groups (broad SMARTS) is 1. The fourth-order valence-corrected chi connectivity index (χ4v) is 2.69. The second-order valence-electron chi connectivity index (χ2n) is 6.21. The molecule has 0 saturated heterocycles. The quantitative estimate of drug-likeness (QED) is 0.441. The molecule has 0 saturated carbocycles. The number of carbonyl (C=O) groups excluding carboxylic acids is 1. The van der Waals surface area contributed by atoms with E-state index < -0.39 is 5.97 Å². The molecule has 0 aliphatic carbocycles. The molecule has 0 aliphatic rings. The van der Waals surface area contributed by atoms with E-state index in [1.165, 1.54) is 6.08 Å². The first kappa shape index (κ1) is 19.1. The zero-order valence-electron chi connectivity index (χ0n) is 15.2. The summed E-state index contributed by atoms with van der Waals surface area (Å²) in [4.78, 5) is 23.0. The van der Waals surface area contributed by atoms with Gasteiger partial charge in [-0.15, -0.1) is 0 Å². The van der Waals surface area contributed by atoms with Crippen LogP contribution in [0.15, 0.2) is 84.9 Å². The highest BCUT2D eigenvalue weighted by Gasteiger charge is 2.04. The summed E-state index contributed by atoms with van der Waals surface area (Å²) >= 11 is 0. The average Bonchev–Trinajstić information content (AvgIpc) is 2.73. The molecule has 4 nitrogen and oxygen atoms in total. The minimum atomic E-state index is -0.903. The van der Waals surface area contributed by atoms with Gasteiger partial charge in [0.1, 0.15) is 5.75 Å². The van der Waals surface area contributed by atoms with Crippen molar-refractivity contribution in [3.05, 3.63) is 96.1 Å². The van der Waals surface area contributed by atoms with Gasteiger partial charge in [0.05, 0.1) is 13.0 Å². The van der Waals surface area contributed by atoms with Crippen molar-refractivity contribution in [2.45, 2.75) is 6.42 Å². The molecule has 0 fully saturated rings. The van der Waals surface area contributed by atoms with Crippen LogP contribution < -0.4 is 4.74 Å². The van der Waals surface area contributed by atoms with Crippen LogP contribution in [0.4, 0.5) is 0 Å². The highest BCUT2D eigenvalue weighted by molar-refractivity contribution is 6.07. The number of benzene rings is 3. The van der Waals surface area contributed by atoms with Gasteiger partial charge in [-0.3, -0.25) is 9.59 Å². The van der Waals surface area contributed by atoms with Gasteiger partial charge in [-0.05, 0) is 34.9 Å². The number of rotatable bonds is 8. The second kappa shape index (κ2) is 9.33. The maximum Gasteiger partial charge on any atom is 0.306 e. The van der Waals surface area contributed by atoms with Crippen LogP contribution in [0, 0.1) is 0 Å². The monoisotopic (exact) mass is 372 g/mol. The fraction of sp³-hybridized carbons (Fsp3) is 0.0833. The molecule has 0 heterocycles. The Kier molecular flexibility index (Phi) is 6.37. The highest BCUT2D eigenvalue weighted by atomic mass is 16.5. The van der Waals surface area contributed by atoms with Crippen LogP contribution in [-0.2, 0) is 4.79 Å². The highest BCUT2D eigenvalue weighted by Crippen LogP contribution is 2.20. The number of carboxylic acids is 1. The van der Waals surface area contributed by atoms with Crippen LogP contribution in [0.2, 0.25) is 0 Å². The molecule has 0 atom stereocenters. The van der Waals surface area contributed by atoms with Crippen LogP contribution in [0.5, 0.6) is 5.75 Å². The third-order valence-corrected chi connectivity index (χ3v) is 4.15. The Bertz CT molecular complexity index is 973. The molecule has 0 amide bonds. The largest absolute Gasteiger partial charge is 0.493 e. The lowest BCUT2D eigenvalue weighted by Crippen LogP contribution is -2.04. The smallest absolute Gasteiger partial charge is 0.306 e. The molecule has 3 rings (SSSR count). The van der Waals surface area contributed by atoms with Gasteiger partial charge < -0.3 is 9.84 Å². The fourth-order valence-electron chi connectivity index (χ4n) is 2.69. The minimum Gasteiger partial charge on any atom is -0.493 e. The number of ether oxygens (including phenoxy) is 1. The van der Waals surface area contributed by atoms with Crippen molar-refractivity contribution in [2.24, 2.45) is 0 Å². The van der Waals surface area contributed by atoms with Crippen LogP contribution in [-0.4, -0.2) is 23.5 Å². The maximum absolute atomic E-state index is 12.4. The lowest BCUT2D eigenvalue weighted by molar-refractivity contribution is -0.137. The van der Waals surface area contributed by atoms with Crippen LogP contribution in [0.1, 0.15) is 22.3 Å². The van der Waals surface area contributed by atoms with E-state index in [9.17, 15) is 9.59 Å². The first-order valence-electron chi connectivity index (χ1n) is 8.94. The van der Waals surface area contributed by atoms with E-state index in [1.807, 2.05) is 60.7 Å². The molecule has 28 heavy (non-hydrogen) atoms. The molecule has 4 heteroatoms. The normalized spacial score (nSPS) is 10.7. The van der Waals surface area contributed by atoms with E-state index in [0.29, 0.717) is 11.3 Å². The summed E-state index contributed by atoms with van der Waals surface area (Å²) in [7, 11) is 0. The van der Waals surface area contributed by atoms with Crippen molar-refractivity contribution in [3.8, 4) is 16.9 Å². The van der Waals surface area contributed by atoms with Gasteiger partial charge >= 0.3 is 5.97 Å². The summed E-state index contributed by atoms with van der Waals surface area (Å²) in [6, 6.07) is 24.7. The predicted octanol–water partition coefficient (Wildman–Crippen LogP) is 5.10. The van der Waals surface area contributed by atoms with E-state index >= 15 is 0 Å². The van der Waals surface area contributed by atoms with Gasteiger partial charge in [0.25, 0.3) is 0 Å². The van der Waals surface area contributed by atoms with Crippen molar-refractivity contribution in [3.63, 3.8) is 0 Å². The number of carbonyl (C=O) groups is 2. The number of hydrogen-bond acceptors (Lipinski definition) is 3. The van der Waals surface area contributed by atoms with E-state index in [-0.39, 0.29) is 18.8 Å². The lowest BCUT2D eigenvalue weighted by Gasteiger charge is -2.05. The van der Waals surface area contributed by atoms with E-state index in [4.69, 9.17) is 9.84 Å². The molecule has 1 N–H and O–H groups in total. The van der Waals surface area contributed by atoms with Gasteiger partial charge in [-0.2, -0.15) is 0 Å². The Morgan fingerprint density at radius 2 is 1.57 bits per heavy atom. The first-order chi connectivity index (χ1) is 13.6. The Balaban J connectivity index is 1.64. The predicted molar refractivity (Wildman–Crippen MR) is 109 cm³/mol. The van der Waals surface area contributed by atoms with Crippen LogP contribution in [0.3, 0.4) is 0 Å². The first-order valence-corrected chi connectivity index (χ1v) is 8.94. The molecule has 0 aliphatic heterocycles. The topological polar surface area (TPSA) is 63.6 Å². The van der Waals surface area contributed by atoms with E-state index in [2.05, 4.69) is 0 Å². The van der Waals surface area contributed by atoms with Crippen LogP contribution >= 0.6 is 0 Å². The van der Waals surface area contributed by atoms with Crippen LogP contribution in [0.25, 0.3) is 17.2 Å². The van der Waals surface area contributed by atoms with Crippen molar-refractivity contribution in [1.82, 2.24) is 0 Å². The Morgan fingerprint density at radius 1 is 0.857 bits per heavy atom. The molecule has 0 unspecified atom stereocenters. The standard InChI is InChI=1S/C24H20O4/c25-23(21-12-10-20(11-13-21)19-6-2-1-3-7-19)14-9-18-5-4-8-22(17-18)28-16-15-24(26)27/h1-14,17H,15-16H2,(H,26,27). The summed E-state index contributed by atoms with van der Waals surface area (Å²) < 4.78 is 5.40. The Hall–Kier alpha value is -3.66. The number of aliphatic carboxylic acids is 1. The third-order valence-electron chi connectivity index (χ3n) is 4.15. The Labute approximate surface area is 163 Å². The molecule has 0 spiro atoms. The summed E-state index contributed by atoms with van der Waals surface area (Å²) in [6.45, 7) is 0.106. The summed E-state index contributed by atoms with van der Waals surface area (Å²) in [5.74, 6) is -0.417. The number of ketones is 1. The van der Waals surface area contributed by atoms with Gasteiger partial charge in [0.2, 0.25) is 0 Å². The van der Waals surface area contributed by atoms with E-state index in [1.54, 1.807) is 24.3 Å². The lowest BCUT2D eigenvalue weighted by atomic mass is 10.0. The summed E-state index contributed by atoms with van der Waals surface area (Å²) in [5.41, 5.74) is 3.59. The second-order valence-corrected chi connectivity index (χ2v) is 6.21. The zero-order valence-corrected chi connectivity index (χ0v) is 15.2. The minimum absolute atomic E-state index is 0.0580. The molecule has 0 bridgehead atoms. The molecule has 3 aromatic rings. The SMILES string of the molecule is O=C(O)CCOc1cccc(C=CC(=O)c2ccc(-c3ccccc3)cc2)c1. The zero-order chi connectivity index (χ0) is 19.8. The molecular formula is C24H20O4. The van der Waals surface area contributed by atoms with Gasteiger partial charge in [0.15, 0.2) is 5.78 Å². The molecule has 140 valence electrons. The summed E-state index contributed by atoms with van der Waals surface area (Å²) in [5, 5.41) is 8.65. The maximum atomic E-state index is 12.4. The van der Waals surface area contributed by atoms with E-state index in [0.717, 1.165) is 16.7 Å². The Morgan fingerprint density at radius 3 is 2.29 bits per heavy atom. The van der Waals surface area contributed by atoms with Gasteiger partial charge in [0, 0.05) is 5.56 Å². The van der Waals surface area contributed by atoms with Crippen molar-refractivity contribution in [2.75, 3.05) is 6.61 Å². The van der Waals surface area contributed by atoms with Crippen molar-refractivity contribution < 1.29 is 19.4 Å². The van der Waals surface area contributed by atoms with Gasteiger partial charge in [-0.25, -0.2) is 0 Å². The molecule has 0 aromatic heterocycles. The number of allylic oxidation sites excluding steroid dienone is 1. The molecular weight excluding hydrogens is 352 g/mol. The molecule has 0 radical (unpaired) electrons. The van der Waals surface area contributed by atoms with Crippen molar-refractivity contribution >= 4 is 17.8 Å². The summed E-state index contributed by atoms with van der Waals surface area (Å²) in [6.07, 6.45) is 3.18. The number of hydrogen-bond donors (Lipinski definition) is 1. The van der Waals surface area contributed by atoms with Gasteiger partial charge in [-0.1, -0.05) is 72.8 Å². The average molecular weight is 372 g/mol. The molecule has 3 aromatic carbocycles. The third kappa shape index (κ3) is 5.42. The van der Waals surface area contributed by atoms with Crippen molar-refractivity contribution in [1.29, 1.82) is 0 Å².